The number of benzene rings is 6. The minimum absolute atomic E-state index is 0.895. The number of para-hydroxylation sites is 1. The predicted octanol–water partition coefficient (Wildman–Crippen LogP) is 10.6. The summed E-state index contributed by atoms with van der Waals surface area (Å²) in [6, 6.07) is 45.2. The molecule has 2 heterocycles. The molecular formula is C34H21NOS. The molecule has 3 heteroatoms. The molecule has 8 aromatic rings. The van der Waals surface area contributed by atoms with Gasteiger partial charge in [-0.15, -0.1) is 11.3 Å². The summed E-state index contributed by atoms with van der Waals surface area (Å²) in [6.45, 7) is 0. The highest BCUT2D eigenvalue weighted by Crippen LogP contribution is 2.48. The Hall–Kier alpha value is -4.60. The van der Waals surface area contributed by atoms with Crippen LogP contribution in [0, 0.1) is 0 Å². The van der Waals surface area contributed by atoms with E-state index in [0.717, 1.165) is 38.7 Å². The molecule has 0 saturated carbocycles. The average molecular weight is 492 g/mol. The Kier molecular flexibility index (Phi) is 4.42. The summed E-state index contributed by atoms with van der Waals surface area (Å²) in [5.74, 6) is 0. The van der Waals surface area contributed by atoms with Crippen molar-refractivity contribution in [3.8, 4) is 0 Å². The highest BCUT2D eigenvalue weighted by molar-refractivity contribution is 7.26. The van der Waals surface area contributed by atoms with Crippen LogP contribution in [0.25, 0.3) is 52.9 Å². The summed E-state index contributed by atoms with van der Waals surface area (Å²) in [5.41, 5.74) is 5.23. The first-order chi connectivity index (χ1) is 18.4. The monoisotopic (exact) mass is 491 g/mol. The molecule has 0 fully saturated rings. The zero-order chi connectivity index (χ0) is 24.3. The second-order valence-electron chi connectivity index (χ2n) is 9.34. The third kappa shape index (κ3) is 3.05. The van der Waals surface area contributed by atoms with Crippen molar-refractivity contribution in [2.45, 2.75) is 0 Å². The molecule has 0 aliphatic heterocycles. The number of hydrogen-bond donors (Lipinski definition) is 0. The van der Waals surface area contributed by atoms with E-state index in [1.54, 1.807) is 0 Å². The lowest BCUT2D eigenvalue weighted by atomic mass is 10.0. The van der Waals surface area contributed by atoms with E-state index in [4.69, 9.17) is 4.42 Å². The number of hydrogen-bond acceptors (Lipinski definition) is 3. The van der Waals surface area contributed by atoms with Gasteiger partial charge in [0, 0.05) is 36.6 Å². The lowest BCUT2D eigenvalue weighted by Gasteiger charge is -2.27. The van der Waals surface area contributed by atoms with Crippen LogP contribution < -0.4 is 4.90 Å². The minimum Gasteiger partial charge on any atom is -0.455 e. The van der Waals surface area contributed by atoms with Crippen molar-refractivity contribution in [3.05, 3.63) is 127 Å². The van der Waals surface area contributed by atoms with E-state index in [0.29, 0.717) is 0 Å². The molecule has 2 nitrogen and oxygen atoms in total. The smallest absolute Gasteiger partial charge is 0.143 e. The number of furan rings is 1. The summed E-state index contributed by atoms with van der Waals surface area (Å²) >= 11 is 1.85. The van der Waals surface area contributed by atoms with Gasteiger partial charge >= 0.3 is 0 Å². The molecule has 2 aromatic heterocycles. The summed E-state index contributed by atoms with van der Waals surface area (Å²) in [6.07, 6.45) is 0. The molecule has 0 aliphatic carbocycles. The summed E-state index contributed by atoms with van der Waals surface area (Å²) in [5, 5.41) is 7.15. The van der Waals surface area contributed by atoms with Crippen molar-refractivity contribution < 1.29 is 4.42 Å². The predicted molar refractivity (Wildman–Crippen MR) is 159 cm³/mol. The standard InChI is InChI=1S/C34H21NOS/c1-2-11-23(12-3-1)35(28-16-9-19-31-33(28)25-14-6-7-18-30(25)37-31)27-15-8-17-29-32(27)26-21-20-22-10-4-5-13-24(22)34(26)36-29/h1-21H. The van der Waals surface area contributed by atoms with Gasteiger partial charge in [0.15, 0.2) is 0 Å². The van der Waals surface area contributed by atoms with Gasteiger partial charge in [-0.25, -0.2) is 0 Å². The normalized spacial score (nSPS) is 11.8. The van der Waals surface area contributed by atoms with Gasteiger partial charge in [0.25, 0.3) is 0 Å². The largest absolute Gasteiger partial charge is 0.455 e. The Bertz CT molecular complexity index is 2100. The molecule has 0 amide bonds. The van der Waals surface area contributed by atoms with Crippen molar-refractivity contribution in [2.24, 2.45) is 0 Å². The van der Waals surface area contributed by atoms with Crippen LogP contribution in [-0.4, -0.2) is 0 Å². The highest BCUT2D eigenvalue weighted by Gasteiger charge is 2.22. The number of anilines is 3. The van der Waals surface area contributed by atoms with Gasteiger partial charge in [-0.3, -0.25) is 0 Å². The fourth-order valence-electron chi connectivity index (χ4n) is 5.65. The van der Waals surface area contributed by atoms with E-state index >= 15 is 0 Å². The molecule has 0 spiro atoms. The van der Waals surface area contributed by atoms with E-state index < -0.39 is 0 Å². The van der Waals surface area contributed by atoms with Gasteiger partial charge < -0.3 is 9.32 Å². The molecule has 0 radical (unpaired) electrons. The highest BCUT2D eigenvalue weighted by atomic mass is 32.1. The lowest BCUT2D eigenvalue weighted by molar-refractivity contribution is 0.672. The molecule has 0 atom stereocenters. The van der Waals surface area contributed by atoms with Gasteiger partial charge in [0.2, 0.25) is 0 Å². The van der Waals surface area contributed by atoms with E-state index in [1.165, 1.54) is 31.2 Å². The Balaban J connectivity index is 1.51. The average Bonchev–Trinajstić information content (AvgIpc) is 3.53. The fraction of sp³-hybridized carbons (Fsp3) is 0. The van der Waals surface area contributed by atoms with Crippen LogP contribution in [0.15, 0.2) is 132 Å². The number of thiophene rings is 1. The van der Waals surface area contributed by atoms with Gasteiger partial charge in [-0.2, -0.15) is 0 Å². The molecular weight excluding hydrogens is 470 g/mol. The second kappa shape index (κ2) is 7.95. The van der Waals surface area contributed by atoms with Gasteiger partial charge in [0.05, 0.1) is 16.8 Å². The first-order valence-electron chi connectivity index (χ1n) is 12.5. The maximum atomic E-state index is 6.55. The third-order valence-corrected chi connectivity index (χ3v) is 8.38. The molecule has 37 heavy (non-hydrogen) atoms. The number of rotatable bonds is 3. The number of nitrogens with zero attached hydrogens (tertiary/aromatic N) is 1. The topological polar surface area (TPSA) is 16.4 Å². The first kappa shape index (κ1) is 20.6. The van der Waals surface area contributed by atoms with Crippen LogP contribution in [0.4, 0.5) is 17.1 Å². The van der Waals surface area contributed by atoms with Crippen LogP contribution in [-0.2, 0) is 0 Å². The Labute approximate surface area is 217 Å². The van der Waals surface area contributed by atoms with Crippen molar-refractivity contribution >= 4 is 81.3 Å². The van der Waals surface area contributed by atoms with Crippen molar-refractivity contribution in [2.75, 3.05) is 4.90 Å². The summed E-state index contributed by atoms with van der Waals surface area (Å²) < 4.78 is 9.14. The molecule has 0 unspecified atom stereocenters. The van der Waals surface area contributed by atoms with Gasteiger partial charge in [0.1, 0.15) is 11.2 Å². The maximum absolute atomic E-state index is 6.55. The quantitative estimate of drug-likeness (QED) is 0.244. The van der Waals surface area contributed by atoms with Crippen LogP contribution in [0.2, 0.25) is 0 Å². The second-order valence-corrected chi connectivity index (χ2v) is 10.4. The summed E-state index contributed by atoms with van der Waals surface area (Å²) in [4.78, 5) is 2.40. The Morgan fingerprint density at radius 2 is 1.19 bits per heavy atom. The van der Waals surface area contributed by atoms with Gasteiger partial charge in [-0.1, -0.05) is 78.9 Å². The zero-order valence-corrected chi connectivity index (χ0v) is 20.7. The molecule has 8 rings (SSSR count). The molecule has 0 saturated heterocycles. The molecule has 0 bridgehead atoms. The van der Waals surface area contributed by atoms with Gasteiger partial charge in [-0.05, 0) is 53.9 Å². The summed E-state index contributed by atoms with van der Waals surface area (Å²) in [7, 11) is 0. The zero-order valence-electron chi connectivity index (χ0n) is 19.9. The minimum atomic E-state index is 0.895. The van der Waals surface area contributed by atoms with Crippen LogP contribution >= 0.6 is 11.3 Å². The van der Waals surface area contributed by atoms with Crippen molar-refractivity contribution in [1.29, 1.82) is 0 Å². The maximum Gasteiger partial charge on any atom is 0.143 e. The van der Waals surface area contributed by atoms with Crippen LogP contribution in [0.3, 0.4) is 0 Å². The fourth-order valence-corrected chi connectivity index (χ4v) is 6.78. The van der Waals surface area contributed by atoms with E-state index in [-0.39, 0.29) is 0 Å². The van der Waals surface area contributed by atoms with Crippen molar-refractivity contribution in [3.63, 3.8) is 0 Å². The van der Waals surface area contributed by atoms with Crippen LogP contribution in [0.5, 0.6) is 0 Å². The third-order valence-electron chi connectivity index (χ3n) is 7.24. The van der Waals surface area contributed by atoms with E-state index in [9.17, 15) is 0 Å². The lowest BCUT2D eigenvalue weighted by Crippen LogP contribution is -2.10. The molecule has 6 aromatic carbocycles. The SMILES string of the molecule is c1ccc(N(c2cccc3oc4c5ccccc5ccc4c23)c2cccc3sc4ccccc4c23)cc1. The van der Waals surface area contributed by atoms with Crippen LogP contribution in [0.1, 0.15) is 0 Å². The molecule has 0 N–H and O–H groups in total. The Morgan fingerprint density at radius 1 is 0.486 bits per heavy atom. The van der Waals surface area contributed by atoms with E-state index in [2.05, 4.69) is 132 Å². The molecule has 0 aliphatic rings. The van der Waals surface area contributed by atoms with Crippen molar-refractivity contribution in [1.82, 2.24) is 0 Å². The molecule has 174 valence electrons. The Morgan fingerprint density at radius 3 is 2.08 bits per heavy atom. The van der Waals surface area contributed by atoms with E-state index in [1.807, 2.05) is 11.3 Å². The number of fused-ring (bicyclic) bond motifs is 8. The first-order valence-corrected chi connectivity index (χ1v) is 13.3.